The number of hydrogen-bond donors (Lipinski definition) is 1. The lowest BCUT2D eigenvalue weighted by atomic mass is 10.0. The van der Waals surface area contributed by atoms with Gasteiger partial charge in [0.05, 0.1) is 0 Å². The molecule has 0 radical (unpaired) electrons. The van der Waals surface area contributed by atoms with Gasteiger partial charge in [0.15, 0.2) is 6.10 Å². The van der Waals surface area contributed by atoms with Crippen molar-refractivity contribution in [3.8, 4) is 5.75 Å². The SMILES string of the molecule is CC(C)c1ccccc1O[C@@H](C)C(=O)NCCCN1CCCCCC1. The number of ether oxygens (including phenoxy) is 1. The second-order valence-corrected chi connectivity index (χ2v) is 7.35. The Hall–Kier alpha value is -1.55. The van der Waals surface area contributed by atoms with Crippen LogP contribution in [0.2, 0.25) is 0 Å². The Kier molecular flexibility index (Phi) is 8.26. The van der Waals surface area contributed by atoms with Gasteiger partial charge in [-0.25, -0.2) is 0 Å². The molecule has 25 heavy (non-hydrogen) atoms. The van der Waals surface area contributed by atoms with Crippen molar-refractivity contribution >= 4 is 5.91 Å². The minimum atomic E-state index is -0.474. The van der Waals surface area contributed by atoms with Crippen LogP contribution < -0.4 is 10.1 Å². The molecule has 1 aliphatic heterocycles. The van der Waals surface area contributed by atoms with Gasteiger partial charge in [0.1, 0.15) is 5.75 Å². The van der Waals surface area contributed by atoms with Crippen LogP contribution in [-0.2, 0) is 4.79 Å². The largest absolute Gasteiger partial charge is 0.481 e. The van der Waals surface area contributed by atoms with Crippen LogP contribution in [-0.4, -0.2) is 43.1 Å². The van der Waals surface area contributed by atoms with Crippen molar-refractivity contribution in [1.82, 2.24) is 10.2 Å². The molecule has 1 aromatic carbocycles. The summed E-state index contributed by atoms with van der Waals surface area (Å²) >= 11 is 0. The summed E-state index contributed by atoms with van der Waals surface area (Å²) in [5.74, 6) is 1.15. The molecule has 1 N–H and O–H groups in total. The number of nitrogens with zero attached hydrogens (tertiary/aromatic N) is 1. The zero-order valence-electron chi connectivity index (χ0n) is 16.1. The maximum Gasteiger partial charge on any atom is 0.260 e. The number of likely N-dealkylation sites (tertiary alicyclic amines) is 1. The zero-order chi connectivity index (χ0) is 18.1. The van der Waals surface area contributed by atoms with Crippen LogP contribution in [0.1, 0.15) is 64.4 Å². The van der Waals surface area contributed by atoms with Crippen molar-refractivity contribution in [3.05, 3.63) is 29.8 Å². The fraction of sp³-hybridized carbons (Fsp3) is 0.667. The van der Waals surface area contributed by atoms with E-state index < -0.39 is 6.10 Å². The van der Waals surface area contributed by atoms with E-state index in [1.54, 1.807) is 0 Å². The van der Waals surface area contributed by atoms with E-state index in [0.717, 1.165) is 30.8 Å². The molecule has 1 aliphatic rings. The number of hydrogen-bond acceptors (Lipinski definition) is 3. The summed E-state index contributed by atoms with van der Waals surface area (Å²) < 4.78 is 5.91. The fourth-order valence-electron chi connectivity index (χ4n) is 3.33. The molecule has 4 heteroatoms. The summed E-state index contributed by atoms with van der Waals surface area (Å²) in [6, 6.07) is 7.97. The highest BCUT2D eigenvalue weighted by molar-refractivity contribution is 5.80. The molecule has 1 atom stereocenters. The van der Waals surface area contributed by atoms with Gasteiger partial charge in [-0.3, -0.25) is 4.79 Å². The molecule has 1 aromatic rings. The second kappa shape index (κ2) is 10.4. The summed E-state index contributed by atoms with van der Waals surface area (Å²) in [7, 11) is 0. The Bertz CT molecular complexity index is 522. The molecule has 1 fully saturated rings. The molecule has 2 rings (SSSR count). The van der Waals surface area contributed by atoms with Gasteiger partial charge in [0, 0.05) is 6.54 Å². The molecule has 0 saturated carbocycles. The van der Waals surface area contributed by atoms with Gasteiger partial charge in [0.25, 0.3) is 5.91 Å². The Morgan fingerprint density at radius 3 is 2.48 bits per heavy atom. The van der Waals surface area contributed by atoms with Crippen molar-refractivity contribution in [1.29, 1.82) is 0 Å². The maximum atomic E-state index is 12.3. The molecule has 0 aliphatic carbocycles. The molecule has 1 saturated heterocycles. The highest BCUT2D eigenvalue weighted by Crippen LogP contribution is 2.26. The molecular formula is C21H34N2O2. The third kappa shape index (κ3) is 6.69. The van der Waals surface area contributed by atoms with Crippen molar-refractivity contribution < 1.29 is 9.53 Å². The normalized spacial score (nSPS) is 17.1. The topological polar surface area (TPSA) is 41.6 Å². The fourth-order valence-corrected chi connectivity index (χ4v) is 3.33. The molecule has 0 unspecified atom stereocenters. The molecule has 140 valence electrons. The third-order valence-electron chi connectivity index (χ3n) is 4.86. The van der Waals surface area contributed by atoms with E-state index in [0.29, 0.717) is 5.92 Å². The quantitative estimate of drug-likeness (QED) is 0.725. The molecule has 0 aromatic heterocycles. The minimum Gasteiger partial charge on any atom is -0.481 e. The molecule has 4 nitrogen and oxygen atoms in total. The summed E-state index contributed by atoms with van der Waals surface area (Å²) in [6.45, 7) is 10.3. The Morgan fingerprint density at radius 2 is 1.80 bits per heavy atom. The van der Waals surface area contributed by atoms with Crippen molar-refractivity contribution in [2.24, 2.45) is 0 Å². The first kappa shape index (κ1) is 19.8. The lowest BCUT2D eigenvalue weighted by Gasteiger charge is -2.21. The van der Waals surface area contributed by atoms with E-state index >= 15 is 0 Å². The number of benzene rings is 1. The first-order chi connectivity index (χ1) is 12.1. The summed E-state index contributed by atoms with van der Waals surface area (Å²) in [6.07, 6.45) is 5.87. The lowest BCUT2D eigenvalue weighted by Crippen LogP contribution is -2.38. The Morgan fingerprint density at radius 1 is 1.12 bits per heavy atom. The number of carbonyl (C=O) groups excluding carboxylic acids is 1. The first-order valence-corrected chi connectivity index (χ1v) is 9.83. The predicted octanol–water partition coefficient (Wildman–Crippen LogP) is 3.96. The monoisotopic (exact) mass is 346 g/mol. The van der Waals surface area contributed by atoms with Gasteiger partial charge in [-0.05, 0) is 63.4 Å². The smallest absolute Gasteiger partial charge is 0.260 e. The highest BCUT2D eigenvalue weighted by Gasteiger charge is 2.17. The van der Waals surface area contributed by atoms with Crippen LogP contribution in [0.4, 0.5) is 0 Å². The highest BCUT2D eigenvalue weighted by atomic mass is 16.5. The van der Waals surface area contributed by atoms with Crippen LogP contribution in [0.3, 0.4) is 0 Å². The van der Waals surface area contributed by atoms with Crippen LogP contribution in [0.25, 0.3) is 0 Å². The number of rotatable bonds is 8. The van der Waals surface area contributed by atoms with Crippen molar-refractivity contribution in [2.45, 2.75) is 64.9 Å². The van der Waals surface area contributed by atoms with Gasteiger partial charge in [-0.1, -0.05) is 44.9 Å². The number of nitrogens with one attached hydrogen (secondary N) is 1. The standard InChI is InChI=1S/C21H34N2O2/c1-17(2)19-11-6-7-12-20(19)25-18(3)21(24)22-13-10-16-23-14-8-4-5-9-15-23/h6-7,11-12,17-18H,4-5,8-10,13-16H2,1-3H3,(H,22,24)/t18-/m0/s1. The second-order valence-electron chi connectivity index (χ2n) is 7.35. The average molecular weight is 347 g/mol. The van der Waals surface area contributed by atoms with E-state index in [1.165, 1.54) is 38.8 Å². The van der Waals surface area contributed by atoms with Crippen LogP contribution in [0.15, 0.2) is 24.3 Å². The van der Waals surface area contributed by atoms with E-state index in [2.05, 4.69) is 30.1 Å². The van der Waals surface area contributed by atoms with Gasteiger partial charge in [-0.2, -0.15) is 0 Å². The van der Waals surface area contributed by atoms with Gasteiger partial charge >= 0.3 is 0 Å². The van der Waals surface area contributed by atoms with E-state index in [1.807, 2.05) is 25.1 Å². The van der Waals surface area contributed by atoms with E-state index in [-0.39, 0.29) is 5.91 Å². The molecule has 1 heterocycles. The Balaban J connectivity index is 1.71. The first-order valence-electron chi connectivity index (χ1n) is 9.83. The maximum absolute atomic E-state index is 12.3. The average Bonchev–Trinajstić information content (AvgIpc) is 2.87. The lowest BCUT2D eigenvalue weighted by molar-refractivity contribution is -0.127. The van der Waals surface area contributed by atoms with Gasteiger partial charge in [0.2, 0.25) is 0 Å². The number of amides is 1. The van der Waals surface area contributed by atoms with E-state index in [9.17, 15) is 4.79 Å². The molecule has 1 amide bonds. The molecular weight excluding hydrogens is 312 g/mol. The summed E-state index contributed by atoms with van der Waals surface area (Å²) in [5, 5.41) is 3.02. The van der Waals surface area contributed by atoms with Gasteiger partial charge < -0.3 is 15.0 Å². The Labute approximate surface area is 152 Å². The third-order valence-corrected chi connectivity index (χ3v) is 4.86. The van der Waals surface area contributed by atoms with Crippen LogP contribution in [0, 0.1) is 0 Å². The van der Waals surface area contributed by atoms with Gasteiger partial charge in [-0.15, -0.1) is 0 Å². The van der Waals surface area contributed by atoms with Crippen molar-refractivity contribution in [2.75, 3.05) is 26.2 Å². The minimum absolute atomic E-state index is 0.0329. The van der Waals surface area contributed by atoms with Crippen molar-refractivity contribution in [3.63, 3.8) is 0 Å². The van der Waals surface area contributed by atoms with Crippen LogP contribution in [0.5, 0.6) is 5.75 Å². The summed E-state index contributed by atoms with van der Waals surface area (Å²) in [5.41, 5.74) is 1.14. The number of para-hydroxylation sites is 1. The molecule has 0 spiro atoms. The molecule has 0 bridgehead atoms. The van der Waals surface area contributed by atoms with Crippen LogP contribution >= 0.6 is 0 Å². The van der Waals surface area contributed by atoms with E-state index in [4.69, 9.17) is 4.74 Å². The predicted molar refractivity (Wildman–Crippen MR) is 103 cm³/mol. The zero-order valence-corrected chi connectivity index (χ0v) is 16.1. The number of carbonyl (C=O) groups is 1. The summed E-state index contributed by atoms with van der Waals surface area (Å²) in [4.78, 5) is 14.8.